The van der Waals surface area contributed by atoms with Crippen molar-refractivity contribution in [3.8, 4) is 0 Å². The van der Waals surface area contributed by atoms with Crippen LogP contribution < -0.4 is 0 Å². The number of nitrogens with zero attached hydrogens (tertiary/aromatic N) is 3. The first kappa shape index (κ1) is 36.5. The minimum absolute atomic E-state index is 0.0909. The Morgan fingerprint density at radius 2 is 1.59 bits per heavy atom. The summed E-state index contributed by atoms with van der Waals surface area (Å²) < 4.78 is 7.15. The summed E-state index contributed by atoms with van der Waals surface area (Å²) in [7, 11) is 0. The molecule has 2 unspecified atom stereocenters. The van der Waals surface area contributed by atoms with Crippen LogP contribution in [-0.2, 0) is 25.7 Å². The fraction of sp³-hybridized carbons (Fsp3) is 0.537. The van der Waals surface area contributed by atoms with Crippen molar-refractivity contribution in [1.29, 1.82) is 0 Å². The fourth-order valence-corrected chi connectivity index (χ4v) is 9.37. The number of hydrogen-bond acceptors (Lipinski definition) is 5. The van der Waals surface area contributed by atoms with Crippen molar-refractivity contribution in [2.75, 3.05) is 19.7 Å². The van der Waals surface area contributed by atoms with Crippen molar-refractivity contribution in [2.45, 2.75) is 103 Å². The molecule has 0 aromatic heterocycles. The molecule has 3 fully saturated rings. The second-order valence-corrected chi connectivity index (χ2v) is 16.0. The monoisotopic (exact) mass is 669 g/mol. The molecular weight excluding hydrogens is 614 g/mol. The molecule has 1 spiro atoms. The van der Waals surface area contributed by atoms with Crippen LogP contribution in [0.15, 0.2) is 86.0 Å². The standard InChI is InChI=1S/C41H55N3O5/c1-9-24-42(26-29-18-14-12-15-19-29)35(46)32-33-36(47)44(31(27-45)30-20-16-13-17-21-30)34(41(33)23-22-40(32,11-3)49-41)37(48)43(25-10-2)39(7,8)28-38(4,5)6/h9-10,12-21,31-34,45H,1-2,11,22-28H2,3-8H3/t31-,32-,33+,34?,40+,41?/m1/s1. The van der Waals surface area contributed by atoms with Gasteiger partial charge in [0.15, 0.2) is 0 Å². The van der Waals surface area contributed by atoms with Gasteiger partial charge in [0.05, 0.1) is 30.1 Å². The number of carbonyl (C=O) groups excluding carboxylic acids is 3. The average molecular weight is 670 g/mol. The van der Waals surface area contributed by atoms with Gasteiger partial charge in [-0.3, -0.25) is 14.4 Å². The zero-order valence-corrected chi connectivity index (χ0v) is 30.2. The lowest BCUT2D eigenvalue weighted by molar-refractivity contribution is -0.161. The van der Waals surface area contributed by atoms with Crippen LogP contribution in [0.2, 0.25) is 0 Å². The number of carbonyl (C=O) groups is 3. The van der Waals surface area contributed by atoms with Gasteiger partial charge in [0.2, 0.25) is 17.7 Å². The molecule has 8 heteroatoms. The van der Waals surface area contributed by atoms with Crippen LogP contribution in [0.4, 0.5) is 0 Å². The molecule has 3 aliphatic heterocycles. The molecule has 0 radical (unpaired) electrons. The third-order valence-electron chi connectivity index (χ3n) is 11.0. The molecule has 3 saturated heterocycles. The number of rotatable bonds is 14. The van der Waals surface area contributed by atoms with Crippen molar-refractivity contribution >= 4 is 17.7 Å². The second kappa shape index (κ2) is 13.9. The number of ether oxygens (including phenoxy) is 1. The molecule has 264 valence electrons. The fourth-order valence-electron chi connectivity index (χ4n) is 9.37. The number of aliphatic hydroxyl groups excluding tert-OH is 1. The maximum absolute atomic E-state index is 15.4. The predicted molar refractivity (Wildman–Crippen MR) is 192 cm³/mol. The van der Waals surface area contributed by atoms with E-state index in [-0.39, 0.29) is 36.3 Å². The van der Waals surface area contributed by atoms with Crippen molar-refractivity contribution in [1.82, 2.24) is 14.7 Å². The third-order valence-corrected chi connectivity index (χ3v) is 11.0. The Balaban J connectivity index is 1.66. The predicted octanol–water partition coefficient (Wildman–Crippen LogP) is 6.32. The molecular formula is C41H55N3O5. The van der Waals surface area contributed by atoms with Crippen molar-refractivity contribution < 1.29 is 24.2 Å². The summed E-state index contributed by atoms with van der Waals surface area (Å²) >= 11 is 0. The van der Waals surface area contributed by atoms with Gasteiger partial charge in [0.25, 0.3) is 0 Å². The van der Waals surface area contributed by atoms with Crippen LogP contribution in [-0.4, -0.2) is 80.0 Å². The number of fused-ring (bicyclic) bond motifs is 1. The first-order valence-electron chi connectivity index (χ1n) is 17.7. The molecule has 2 bridgehead atoms. The van der Waals surface area contributed by atoms with E-state index in [9.17, 15) is 9.90 Å². The number of amides is 3. The van der Waals surface area contributed by atoms with Crippen LogP contribution in [0.25, 0.3) is 0 Å². The highest BCUT2D eigenvalue weighted by atomic mass is 16.5. The molecule has 0 aliphatic carbocycles. The van der Waals surface area contributed by atoms with Crippen LogP contribution in [0.1, 0.15) is 84.4 Å². The minimum atomic E-state index is -1.24. The van der Waals surface area contributed by atoms with Gasteiger partial charge in [-0.25, -0.2) is 0 Å². The van der Waals surface area contributed by atoms with E-state index in [0.717, 1.165) is 11.1 Å². The summed E-state index contributed by atoms with van der Waals surface area (Å²) in [5.41, 5.74) is -1.14. The Morgan fingerprint density at radius 3 is 2.14 bits per heavy atom. The first-order chi connectivity index (χ1) is 23.2. The van der Waals surface area contributed by atoms with E-state index < -0.39 is 40.7 Å². The summed E-state index contributed by atoms with van der Waals surface area (Å²) in [5, 5.41) is 11.0. The molecule has 5 rings (SSSR count). The third kappa shape index (κ3) is 6.50. The van der Waals surface area contributed by atoms with Gasteiger partial charge in [-0.05, 0) is 56.1 Å². The molecule has 3 heterocycles. The zero-order valence-electron chi connectivity index (χ0n) is 30.2. The highest BCUT2D eigenvalue weighted by molar-refractivity contribution is 5.99. The van der Waals surface area contributed by atoms with Gasteiger partial charge in [0, 0.05) is 25.2 Å². The Bertz CT molecular complexity index is 1540. The van der Waals surface area contributed by atoms with E-state index >= 15 is 9.59 Å². The molecule has 49 heavy (non-hydrogen) atoms. The van der Waals surface area contributed by atoms with Gasteiger partial charge >= 0.3 is 0 Å². The molecule has 1 N–H and O–H groups in total. The van der Waals surface area contributed by atoms with Gasteiger partial charge in [-0.15, -0.1) is 13.2 Å². The van der Waals surface area contributed by atoms with E-state index in [1.54, 1.807) is 22.0 Å². The number of benzene rings is 2. The van der Waals surface area contributed by atoms with E-state index in [1.165, 1.54) is 0 Å². The molecule has 3 amide bonds. The van der Waals surface area contributed by atoms with Gasteiger partial charge in [-0.2, -0.15) is 0 Å². The second-order valence-electron chi connectivity index (χ2n) is 16.0. The number of hydrogen-bond donors (Lipinski definition) is 1. The minimum Gasteiger partial charge on any atom is -0.394 e. The zero-order chi connectivity index (χ0) is 35.8. The largest absolute Gasteiger partial charge is 0.394 e. The van der Waals surface area contributed by atoms with E-state index in [1.807, 2.05) is 72.5 Å². The van der Waals surface area contributed by atoms with Crippen LogP contribution in [0, 0.1) is 17.3 Å². The smallest absolute Gasteiger partial charge is 0.249 e. The van der Waals surface area contributed by atoms with E-state index in [0.29, 0.717) is 38.8 Å². The van der Waals surface area contributed by atoms with E-state index in [4.69, 9.17) is 4.74 Å². The van der Waals surface area contributed by atoms with Gasteiger partial charge < -0.3 is 24.5 Å². The maximum atomic E-state index is 15.4. The molecule has 6 atom stereocenters. The SMILES string of the molecule is C=CCN(Cc1ccccc1)C(=O)[C@H]1[C@H]2C(=O)N([C@H](CO)c3ccccc3)C(C(=O)N(CC=C)C(C)(C)CC(C)(C)C)C23CC[C@]1(CC)O3. The van der Waals surface area contributed by atoms with Crippen molar-refractivity contribution in [3.05, 3.63) is 97.1 Å². The highest BCUT2D eigenvalue weighted by Gasteiger charge is 2.79. The summed E-state index contributed by atoms with van der Waals surface area (Å²) in [6.45, 7) is 21.0. The van der Waals surface area contributed by atoms with Gasteiger partial charge in [-0.1, -0.05) is 101 Å². The Hall–Kier alpha value is -3.75. The average Bonchev–Trinajstić information content (AvgIpc) is 3.67. The Labute approximate surface area is 292 Å². The van der Waals surface area contributed by atoms with Crippen LogP contribution in [0.5, 0.6) is 0 Å². The van der Waals surface area contributed by atoms with Gasteiger partial charge in [0.1, 0.15) is 11.6 Å². The van der Waals surface area contributed by atoms with Crippen LogP contribution in [0.3, 0.4) is 0 Å². The first-order valence-corrected chi connectivity index (χ1v) is 17.7. The summed E-state index contributed by atoms with van der Waals surface area (Å²) in [4.78, 5) is 50.6. The summed E-state index contributed by atoms with van der Waals surface area (Å²) in [6, 6.07) is 17.3. The normalized spacial score (nSPS) is 26.7. The number of aliphatic hydroxyl groups is 1. The Kier molecular flexibility index (Phi) is 10.3. The molecule has 2 aromatic rings. The topological polar surface area (TPSA) is 90.4 Å². The summed E-state index contributed by atoms with van der Waals surface area (Å²) in [5.74, 6) is -2.42. The highest BCUT2D eigenvalue weighted by Crippen LogP contribution is 2.65. The van der Waals surface area contributed by atoms with Crippen LogP contribution >= 0.6 is 0 Å². The molecule has 3 aliphatic rings. The van der Waals surface area contributed by atoms with Crippen molar-refractivity contribution in [3.63, 3.8) is 0 Å². The lowest BCUT2D eigenvalue weighted by Gasteiger charge is -2.46. The van der Waals surface area contributed by atoms with E-state index in [2.05, 4.69) is 47.8 Å². The molecule has 8 nitrogen and oxygen atoms in total. The summed E-state index contributed by atoms with van der Waals surface area (Å²) in [6.07, 6.45) is 5.68. The molecule has 2 aromatic carbocycles. The maximum Gasteiger partial charge on any atom is 0.249 e. The quantitative estimate of drug-likeness (QED) is 0.238. The lowest BCUT2D eigenvalue weighted by Crippen LogP contribution is -2.61. The Morgan fingerprint density at radius 1 is 0.980 bits per heavy atom. The number of likely N-dealkylation sites (tertiary alicyclic amines) is 1. The molecule has 0 saturated carbocycles. The van der Waals surface area contributed by atoms with Crippen molar-refractivity contribution in [2.24, 2.45) is 17.3 Å². The lowest BCUT2D eigenvalue weighted by atomic mass is 9.64.